The SMILES string of the molecule is COC(=O)c1cccc(C(=CF)C(F)F)n1. The molecule has 0 aliphatic carbocycles. The molecule has 6 heteroatoms. The highest BCUT2D eigenvalue weighted by Crippen LogP contribution is 2.20. The smallest absolute Gasteiger partial charge is 0.356 e. The summed E-state index contributed by atoms with van der Waals surface area (Å²) < 4.78 is 41.2. The molecular weight excluding hydrogens is 223 g/mol. The summed E-state index contributed by atoms with van der Waals surface area (Å²) in [6.45, 7) is 0. The number of carbonyl (C=O) groups excluding carboxylic acids is 1. The van der Waals surface area contributed by atoms with Gasteiger partial charge in [0.15, 0.2) is 0 Å². The summed E-state index contributed by atoms with van der Waals surface area (Å²) in [5.41, 5.74) is -1.31. The van der Waals surface area contributed by atoms with E-state index in [9.17, 15) is 18.0 Å². The summed E-state index contributed by atoms with van der Waals surface area (Å²) >= 11 is 0. The Morgan fingerprint density at radius 1 is 1.44 bits per heavy atom. The first kappa shape index (κ1) is 12.2. The van der Waals surface area contributed by atoms with Gasteiger partial charge in [-0.05, 0) is 12.1 Å². The highest BCUT2D eigenvalue weighted by atomic mass is 19.3. The molecule has 0 aliphatic rings. The fraction of sp³-hybridized carbons (Fsp3) is 0.200. The summed E-state index contributed by atoms with van der Waals surface area (Å²) in [7, 11) is 1.13. The fourth-order valence-electron chi connectivity index (χ4n) is 1.03. The van der Waals surface area contributed by atoms with Crippen LogP contribution in [0.5, 0.6) is 0 Å². The Kier molecular flexibility index (Phi) is 4.04. The average molecular weight is 231 g/mol. The molecule has 1 aromatic rings. The van der Waals surface area contributed by atoms with E-state index >= 15 is 0 Å². The van der Waals surface area contributed by atoms with Crippen LogP contribution in [0, 0.1) is 0 Å². The van der Waals surface area contributed by atoms with Crippen LogP contribution in [0.25, 0.3) is 5.57 Å². The van der Waals surface area contributed by atoms with Crippen LogP contribution in [0.3, 0.4) is 0 Å². The largest absolute Gasteiger partial charge is 0.464 e. The number of alkyl halides is 2. The monoisotopic (exact) mass is 231 g/mol. The van der Waals surface area contributed by atoms with Gasteiger partial charge in [0.25, 0.3) is 6.43 Å². The molecule has 0 atom stereocenters. The molecule has 1 heterocycles. The van der Waals surface area contributed by atoms with Crippen molar-refractivity contribution < 1.29 is 22.7 Å². The number of hydrogen-bond acceptors (Lipinski definition) is 3. The van der Waals surface area contributed by atoms with E-state index in [-0.39, 0.29) is 17.7 Å². The lowest BCUT2D eigenvalue weighted by molar-refractivity contribution is 0.0593. The lowest BCUT2D eigenvalue weighted by Gasteiger charge is -2.05. The number of esters is 1. The maximum absolute atomic E-state index is 12.3. The van der Waals surface area contributed by atoms with Gasteiger partial charge in [-0.1, -0.05) is 6.07 Å². The minimum absolute atomic E-state index is 0.153. The van der Waals surface area contributed by atoms with Gasteiger partial charge < -0.3 is 4.74 Å². The zero-order valence-corrected chi connectivity index (χ0v) is 8.28. The second-order valence-corrected chi connectivity index (χ2v) is 2.76. The van der Waals surface area contributed by atoms with Crippen LogP contribution in [0.1, 0.15) is 16.2 Å². The van der Waals surface area contributed by atoms with Crippen LogP contribution in [0.15, 0.2) is 24.5 Å². The van der Waals surface area contributed by atoms with Gasteiger partial charge in [0, 0.05) is 0 Å². The first-order chi connectivity index (χ1) is 7.60. The van der Waals surface area contributed by atoms with Crippen molar-refractivity contribution in [3.05, 3.63) is 35.9 Å². The minimum atomic E-state index is -3.00. The Hall–Kier alpha value is -1.85. The van der Waals surface area contributed by atoms with Gasteiger partial charge in [-0.2, -0.15) is 0 Å². The second-order valence-electron chi connectivity index (χ2n) is 2.76. The molecule has 1 aromatic heterocycles. The van der Waals surface area contributed by atoms with Crippen LogP contribution in [0.2, 0.25) is 0 Å². The third kappa shape index (κ3) is 2.59. The van der Waals surface area contributed by atoms with E-state index in [1.807, 2.05) is 0 Å². The maximum atomic E-state index is 12.3. The van der Waals surface area contributed by atoms with Crippen molar-refractivity contribution in [3.63, 3.8) is 0 Å². The molecule has 0 spiro atoms. The predicted molar refractivity (Wildman–Crippen MR) is 50.7 cm³/mol. The molecule has 0 radical (unpaired) electrons. The van der Waals surface area contributed by atoms with Crippen molar-refractivity contribution in [2.24, 2.45) is 0 Å². The molecule has 0 bridgehead atoms. The molecule has 0 aromatic carbocycles. The van der Waals surface area contributed by atoms with Gasteiger partial charge in [0.1, 0.15) is 5.69 Å². The molecule has 0 aliphatic heterocycles. The minimum Gasteiger partial charge on any atom is -0.464 e. The number of nitrogens with zero attached hydrogens (tertiary/aromatic N) is 1. The Morgan fingerprint density at radius 2 is 2.06 bits per heavy atom. The summed E-state index contributed by atoms with van der Waals surface area (Å²) in [4.78, 5) is 14.6. The third-order valence-electron chi connectivity index (χ3n) is 1.79. The Morgan fingerprint density at radius 3 is 2.56 bits per heavy atom. The van der Waals surface area contributed by atoms with E-state index in [1.165, 1.54) is 18.2 Å². The Bertz CT molecular complexity index is 418. The number of allylic oxidation sites excluding steroid dienone is 1. The quantitative estimate of drug-likeness (QED) is 0.750. The number of ether oxygens (including phenoxy) is 1. The summed E-state index contributed by atoms with van der Waals surface area (Å²) in [6.07, 6.45) is -3.22. The highest BCUT2D eigenvalue weighted by Gasteiger charge is 2.17. The van der Waals surface area contributed by atoms with Crippen LogP contribution >= 0.6 is 0 Å². The van der Waals surface area contributed by atoms with Gasteiger partial charge >= 0.3 is 5.97 Å². The van der Waals surface area contributed by atoms with Crippen molar-refractivity contribution in [1.82, 2.24) is 4.98 Å². The zero-order valence-electron chi connectivity index (χ0n) is 8.28. The standard InChI is InChI=1S/C10H8F3NO2/c1-16-10(15)8-4-2-3-7(14-8)6(5-11)9(12)13/h2-5,9H,1H3. The number of carbonyl (C=O) groups is 1. The van der Waals surface area contributed by atoms with Gasteiger partial charge in [-0.25, -0.2) is 22.9 Å². The molecule has 1 rings (SSSR count). The summed E-state index contributed by atoms with van der Waals surface area (Å²) in [6, 6.07) is 3.79. The lowest BCUT2D eigenvalue weighted by Crippen LogP contribution is -2.07. The normalized spacial score (nSPS) is 11.7. The van der Waals surface area contributed by atoms with Crippen LogP contribution < -0.4 is 0 Å². The van der Waals surface area contributed by atoms with E-state index in [1.54, 1.807) is 0 Å². The van der Waals surface area contributed by atoms with E-state index in [0.717, 1.165) is 7.11 Å². The molecule has 0 unspecified atom stereocenters. The first-order valence-corrected chi connectivity index (χ1v) is 4.24. The molecule has 86 valence electrons. The topological polar surface area (TPSA) is 39.2 Å². The number of halogens is 3. The fourth-order valence-corrected chi connectivity index (χ4v) is 1.03. The average Bonchev–Trinajstić information content (AvgIpc) is 2.29. The van der Waals surface area contributed by atoms with Gasteiger partial charge in [0.2, 0.25) is 0 Å². The van der Waals surface area contributed by atoms with E-state index in [4.69, 9.17) is 0 Å². The molecule has 0 fully saturated rings. The van der Waals surface area contributed by atoms with Gasteiger partial charge in [-0.3, -0.25) is 0 Å². The number of hydrogen-bond donors (Lipinski definition) is 0. The van der Waals surface area contributed by atoms with E-state index in [0.29, 0.717) is 0 Å². The van der Waals surface area contributed by atoms with E-state index in [2.05, 4.69) is 9.72 Å². The molecule has 0 saturated carbocycles. The number of methoxy groups -OCH3 is 1. The maximum Gasteiger partial charge on any atom is 0.356 e. The predicted octanol–water partition coefficient (Wildman–Crippen LogP) is 2.44. The molecule has 0 amide bonds. The summed E-state index contributed by atoms with van der Waals surface area (Å²) in [5.74, 6) is -0.769. The molecule has 0 N–H and O–H groups in total. The van der Waals surface area contributed by atoms with Crippen molar-refractivity contribution >= 4 is 11.5 Å². The number of pyridine rings is 1. The van der Waals surface area contributed by atoms with Gasteiger partial charge in [-0.15, -0.1) is 0 Å². The van der Waals surface area contributed by atoms with Crippen molar-refractivity contribution in [2.45, 2.75) is 6.43 Å². The van der Waals surface area contributed by atoms with Crippen molar-refractivity contribution in [1.29, 1.82) is 0 Å². The summed E-state index contributed by atoms with van der Waals surface area (Å²) in [5, 5.41) is 0. The lowest BCUT2D eigenvalue weighted by atomic mass is 10.2. The number of rotatable bonds is 3. The Balaban J connectivity index is 3.12. The van der Waals surface area contributed by atoms with Crippen LogP contribution in [-0.2, 0) is 4.74 Å². The molecule has 3 nitrogen and oxygen atoms in total. The molecule has 16 heavy (non-hydrogen) atoms. The van der Waals surface area contributed by atoms with Crippen LogP contribution in [0.4, 0.5) is 13.2 Å². The number of aromatic nitrogens is 1. The molecular formula is C10H8F3NO2. The van der Waals surface area contributed by atoms with Gasteiger partial charge in [0.05, 0.1) is 24.7 Å². The highest BCUT2D eigenvalue weighted by molar-refractivity contribution is 5.87. The Labute approximate surface area is 89.6 Å². The van der Waals surface area contributed by atoms with E-state index < -0.39 is 18.0 Å². The van der Waals surface area contributed by atoms with Crippen molar-refractivity contribution in [2.75, 3.05) is 7.11 Å². The third-order valence-corrected chi connectivity index (χ3v) is 1.79. The second kappa shape index (κ2) is 5.29. The first-order valence-electron chi connectivity index (χ1n) is 4.24. The molecule has 0 saturated heterocycles. The van der Waals surface area contributed by atoms with Crippen LogP contribution in [-0.4, -0.2) is 24.5 Å². The zero-order chi connectivity index (χ0) is 12.1. The van der Waals surface area contributed by atoms with Crippen molar-refractivity contribution in [3.8, 4) is 0 Å².